The molecule has 8 nitrogen and oxygen atoms in total. The summed E-state index contributed by atoms with van der Waals surface area (Å²) in [6, 6.07) is 10.7. The van der Waals surface area contributed by atoms with Gasteiger partial charge in [-0.25, -0.2) is 5.10 Å². The van der Waals surface area contributed by atoms with E-state index in [-0.39, 0.29) is 29.4 Å². The van der Waals surface area contributed by atoms with Gasteiger partial charge < -0.3 is 9.30 Å². The summed E-state index contributed by atoms with van der Waals surface area (Å²) in [6.07, 6.45) is 2.76. The maximum Gasteiger partial charge on any atom is 0.274 e. The number of carbonyl (C=O) groups excluding carboxylic acids is 1. The first kappa shape index (κ1) is 15.5. The van der Waals surface area contributed by atoms with E-state index in [2.05, 4.69) is 20.5 Å². The van der Waals surface area contributed by atoms with E-state index in [4.69, 9.17) is 4.74 Å². The number of amides is 1. The minimum absolute atomic E-state index is 0.178. The van der Waals surface area contributed by atoms with Crippen LogP contribution >= 0.6 is 0 Å². The quantitative estimate of drug-likeness (QED) is 0.737. The Morgan fingerprint density at radius 2 is 2.12 bits per heavy atom. The second-order valence-electron chi connectivity index (χ2n) is 5.06. The fourth-order valence-electron chi connectivity index (χ4n) is 2.11. The molecule has 8 heteroatoms. The van der Waals surface area contributed by atoms with Gasteiger partial charge in [0.05, 0.1) is 6.20 Å². The third kappa shape index (κ3) is 3.49. The van der Waals surface area contributed by atoms with Crippen LogP contribution in [0, 0.1) is 0 Å². The SMILES string of the molecule is Cn1cc(OCc2ccccc2)c(=O)cc1C(=O)Nc1ncn[nH]1. The number of rotatable bonds is 5. The Bertz CT molecular complexity index is 888. The first-order valence-corrected chi connectivity index (χ1v) is 7.17. The van der Waals surface area contributed by atoms with E-state index in [1.165, 1.54) is 23.2 Å². The summed E-state index contributed by atoms with van der Waals surface area (Å²) < 4.78 is 7.07. The molecule has 3 rings (SSSR count). The molecule has 2 aromatic heterocycles. The molecule has 0 saturated heterocycles. The summed E-state index contributed by atoms with van der Waals surface area (Å²) in [5.74, 6) is -0.0876. The van der Waals surface area contributed by atoms with Gasteiger partial charge in [-0.15, -0.1) is 0 Å². The van der Waals surface area contributed by atoms with Gasteiger partial charge in [-0.1, -0.05) is 30.3 Å². The van der Waals surface area contributed by atoms with Gasteiger partial charge in [0.1, 0.15) is 18.6 Å². The Morgan fingerprint density at radius 1 is 1.33 bits per heavy atom. The molecule has 0 aliphatic rings. The van der Waals surface area contributed by atoms with Crippen molar-refractivity contribution in [2.24, 2.45) is 7.05 Å². The van der Waals surface area contributed by atoms with Gasteiger partial charge in [-0.2, -0.15) is 10.1 Å². The van der Waals surface area contributed by atoms with Crippen LogP contribution in [-0.4, -0.2) is 25.7 Å². The third-order valence-corrected chi connectivity index (χ3v) is 3.32. The molecule has 0 unspecified atom stereocenters. The molecule has 0 saturated carbocycles. The first-order valence-electron chi connectivity index (χ1n) is 7.17. The molecule has 2 N–H and O–H groups in total. The number of aromatic nitrogens is 4. The molecule has 122 valence electrons. The fraction of sp³-hybridized carbons (Fsp3) is 0.125. The zero-order chi connectivity index (χ0) is 16.9. The molecular weight excluding hydrogens is 310 g/mol. The number of ether oxygens (including phenoxy) is 1. The molecule has 0 aliphatic carbocycles. The van der Waals surface area contributed by atoms with Gasteiger partial charge in [0.25, 0.3) is 5.91 Å². The van der Waals surface area contributed by atoms with Crippen molar-refractivity contribution >= 4 is 11.9 Å². The number of carbonyl (C=O) groups is 1. The van der Waals surface area contributed by atoms with Crippen molar-refractivity contribution in [1.29, 1.82) is 0 Å². The molecule has 0 spiro atoms. The van der Waals surface area contributed by atoms with Crippen LogP contribution in [0.1, 0.15) is 16.1 Å². The van der Waals surface area contributed by atoms with Crippen molar-refractivity contribution in [3.8, 4) is 5.75 Å². The topological polar surface area (TPSA) is 102 Å². The number of nitrogens with zero attached hydrogens (tertiary/aromatic N) is 3. The molecule has 0 fully saturated rings. The van der Waals surface area contributed by atoms with E-state index in [1.54, 1.807) is 7.05 Å². The fourth-order valence-corrected chi connectivity index (χ4v) is 2.11. The predicted octanol–water partition coefficient (Wildman–Crippen LogP) is 1.33. The predicted molar refractivity (Wildman–Crippen MR) is 86.8 cm³/mol. The number of nitrogens with one attached hydrogen (secondary N) is 2. The van der Waals surface area contributed by atoms with Gasteiger partial charge >= 0.3 is 0 Å². The van der Waals surface area contributed by atoms with Crippen LogP contribution in [0.15, 0.2) is 53.7 Å². The van der Waals surface area contributed by atoms with Crippen molar-refractivity contribution in [3.05, 3.63) is 70.4 Å². The molecule has 0 atom stereocenters. The molecular formula is C16H15N5O3. The van der Waals surface area contributed by atoms with E-state index >= 15 is 0 Å². The molecule has 1 amide bonds. The zero-order valence-corrected chi connectivity index (χ0v) is 12.9. The average molecular weight is 325 g/mol. The van der Waals surface area contributed by atoms with Crippen LogP contribution in [0.25, 0.3) is 0 Å². The van der Waals surface area contributed by atoms with Gasteiger partial charge in [0, 0.05) is 13.1 Å². The Kier molecular flexibility index (Phi) is 4.37. The van der Waals surface area contributed by atoms with Gasteiger partial charge in [-0.3, -0.25) is 14.9 Å². The maximum absolute atomic E-state index is 12.2. The van der Waals surface area contributed by atoms with E-state index in [1.807, 2.05) is 30.3 Å². The lowest BCUT2D eigenvalue weighted by molar-refractivity contribution is 0.101. The lowest BCUT2D eigenvalue weighted by atomic mass is 10.2. The molecule has 0 bridgehead atoms. The van der Waals surface area contributed by atoms with Gasteiger partial charge in [0.15, 0.2) is 5.75 Å². The highest BCUT2D eigenvalue weighted by atomic mass is 16.5. The second-order valence-corrected chi connectivity index (χ2v) is 5.06. The number of H-pyrrole nitrogens is 1. The van der Waals surface area contributed by atoms with Gasteiger partial charge in [0.2, 0.25) is 11.4 Å². The first-order chi connectivity index (χ1) is 11.6. The van der Waals surface area contributed by atoms with Crippen molar-refractivity contribution in [1.82, 2.24) is 19.7 Å². The maximum atomic E-state index is 12.2. The number of hydrogen-bond donors (Lipinski definition) is 2. The Balaban J connectivity index is 1.76. The molecule has 24 heavy (non-hydrogen) atoms. The van der Waals surface area contributed by atoms with Crippen molar-refractivity contribution in [2.75, 3.05) is 5.32 Å². The van der Waals surface area contributed by atoms with Crippen LogP contribution in [0.2, 0.25) is 0 Å². The highest BCUT2D eigenvalue weighted by Gasteiger charge is 2.14. The van der Waals surface area contributed by atoms with E-state index in [0.717, 1.165) is 5.56 Å². The van der Waals surface area contributed by atoms with Crippen molar-refractivity contribution in [2.45, 2.75) is 6.61 Å². The minimum atomic E-state index is -0.471. The van der Waals surface area contributed by atoms with E-state index < -0.39 is 5.91 Å². The molecule has 3 aromatic rings. The Labute approximate surface area is 137 Å². The summed E-state index contributed by atoms with van der Waals surface area (Å²) in [6.45, 7) is 0.277. The van der Waals surface area contributed by atoms with E-state index in [0.29, 0.717) is 0 Å². The Morgan fingerprint density at radius 3 is 2.83 bits per heavy atom. The lowest BCUT2D eigenvalue weighted by Gasteiger charge is -2.11. The highest BCUT2D eigenvalue weighted by molar-refractivity contribution is 6.02. The third-order valence-electron chi connectivity index (χ3n) is 3.32. The molecule has 0 radical (unpaired) electrons. The summed E-state index contributed by atoms with van der Waals surface area (Å²) in [4.78, 5) is 28.1. The minimum Gasteiger partial charge on any atom is -0.483 e. The number of aromatic amines is 1. The number of anilines is 1. The van der Waals surface area contributed by atoms with Crippen LogP contribution in [0.5, 0.6) is 5.75 Å². The lowest BCUT2D eigenvalue weighted by Crippen LogP contribution is -2.22. The zero-order valence-electron chi connectivity index (χ0n) is 12.9. The number of hydrogen-bond acceptors (Lipinski definition) is 5. The summed E-state index contributed by atoms with van der Waals surface area (Å²) in [5, 5.41) is 8.67. The smallest absolute Gasteiger partial charge is 0.274 e. The summed E-state index contributed by atoms with van der Waals surface area (Å²) in [7, 11) is 1.66. The molecule has 0 aliphatic heterocycles. The number of aryl methyl sites for hydroxylation is 1. The summed E-state index contributed by atoms with van der Waals surface area (Å²) in [5.41, 5.74) is 0.766. The van der Waals surface area contributed by atoms with Crippen molar-refractivity contribution in [3.63, 3.8) is 0 Å². The number of pyridine rings is 1. The van der Waals surface area contributed by atoms with Crippen molar-refractivity contribution < 1.29 is 9.53 Å². The number of benzene rings is 1. The highest BCUT2D eigenvalue weighted by Crippen LogP contribution is 2.10. The van der Waals surface area contributed by atoms with Gasteiger partial charge in [-0.05, 0) is 5.56 Å². The standard InChI is InChI=1S/C16H15N5O3/c1-21-8-14(24-9-11-5-3-2-4-6-11)13(22)7-12(21)15(23)19-16-17-10-18-20-16/h2-8,10H,9H2,1H3,(H2,17,18,19,20,23). The normalized spacial score (nSPS) is 10.4. The largest absolute Gasteiger partial charge is 0.483 e. The van der Waals surface area contributed by atoms with Crippen LogP contribution < -0.4 is 15.5 Å². The monoisotopic (exact) mass is 325 g/mol. The molecule has 2 heterocycles. The molecule has 1 aromatic carbocycles. The summed E-state index contributed by atoms with van der Waals surface area (Å²) >= 11 is 0. The van der Waals surface area contributed by atoms with E-state index in [9.17, 15) is 9.59 Å². The average Bonchev–Trinajstić information content (AvgIpc) is 3.09. The van der Waals surface area contributed by atoms with Crippen LogP contribution in [0.3, 0.4) is 0 Å². The Hall–Kier alpha value is -3.42. The van der Waals surface area contributed by atoms with Crippen LogP contribution in [0.4, 0.5) is 5.95 Å². The second kappa shape index (κ2) is 6.78. The van der Waals surface area contributed by atoms with Crippen LogP contribution in [-0.2, 0) is 13.7 Å².